The van der Waals surface area contributed by atoms with Crippen LogP contribution in [0.25, 0.3) is 0 Å². The van der Waals surface area contributed by atoms with Crippen molar-refractivity contribution in [3.8, 4) is 0 Å². The van der Waals surface area contributed by atoms with Crippen LogP contribution in [0.3, 0.4) is 0 Å². The summed E-state index contributed by atoms with van der Waals surface area (Å²) in [5.41, 5.74) is 5.87. The minimum Gasteiger partial charge on any atom is -0.370 e. The van der Waals surface area contributed by atoms with Crippen LogP contribution in [0.15, 0.2) is 18.2 Å². The van der Waals surface area contributed by atoms with Crippen molar-refractivity contribution in [2.75, 3.05) is 11.9 Å². The molecule has 0 bridgehead atoms. The number of aromatic nitrogens is 2. The summed E-state index contributed by atoms with van der Waals surface area (Å²) in [7, 11) is 3.95. The molecule has 1 aromatic heterocycles. The van der Waals surface area contributed by atoms with Crippen LogP contribution >= 0.6 is 11.6 Å². The molecular formula is C15H20ClN3. The summed E-state index contributed by atoms with van der Waals surface area (Å²) < 4.78 is 1.72. The number of anilines is 1. The first-order valence-electron chi connectivity index (χ1n) is 6.36. The molecule has 0 aliphatic carbocycles. The summed E-state index contributed by atoms with van der Waals surface area (Å²) in [5.74, 6) is 0. The largest absolute Gasteiger partial charge is 0.370 e. The Labute approximate surface area is 119 Å². The van der Waals surface area contributed by atoms with E-state index in [0.29, 0.717) is 5.15 Å². The van der Waals surface area contributed by atoms with E-state index < -0.39 is 0 Å². The second kappa shape index (κ2) is 5.25. The molecule has 2 rings (SSSR count). The average molecular weight is 278 g/mol. The van der Waals surface area contributed by atoms with Gasteiger partial charge in [-0.25, -0.2) is 0 Å². The number of aryl methyl sites for hydroxylation is 4. The maximum atomic E-state index is 6.28. The molecule has 0 radical (unpaired) electrons. The molecule has 3 nitrogen and oxygen atoms in total. The molecule has 0 aliphatic rings. The highest BCUT2D eigenvalue weighted by Gasteiger charge is 2.14. The fraction of sp³-hybridized carbons (Fsp3) is 0.400. The van der Waals surface area contributed by atoms with Crippen LogP contribution < -0.4 is 4.90 Å². The molecule has 0 spiro atoms. The molecular weight excluding hydrogens is 258 g/mol. The lowest BCUT2D eigenvalue weighted by atomic mass is 10.1. The standard InChI is InChI=1S/C15H20ClN3/c1-10-6-7-14(11(2)8-10)18(4)9-13-12(3)17-19(5)15(13)16/h6-8H,9H2,1-5H3. The predicted octanol–water partition coefficient (Wildman–Crippen LogP) is 3.64. The first-order chi connectivity index (χ1) is 8.90. The number of nitrogens with zero attached hydrogens (tertiary/aromatic N) is 3. The highest BCUT2D eigenvalue weighted by molar-refractivity contribution is 6.30. The van der Waals surface area contributed by atoms with E-state index >= 15 is 0 Å². The van der Waals surface area contributed by atoms with Crippen LogP contribution in [-0.2, 0) is 13.6 Å². The van der Waals surface area contributed by atoms with E-state index in [2.05, 4.69) is 49.1 Å². The molecule has 19 heavy (non-hydrogen) atoms. The summed E-state index contributed by atoms with van der Waals surface area (Å²) in [6.07, 6.45) is 0. The van der Waals surface area contributed by atoms with Gasteiger partial charge in [-0.15, -0.1) is 0 Å². The zero-order valence-electron chi connectivity index (χ0n) is 12.2. The van der Waals surface area contributed by atoms with E-state index in [1.807, 2.05) is 14.0 Å². The Hall–Kier alpha value is -1.48. The first-order valence-corrected chi connectivity index (χ1v) is 6.74. The lowest BCUT2D eigenvalue weighted by Gasteiger charge is -2.21. The van der Waals surface area contributed by atoms with Crippen LogP contribution in [0.1, 0.15) is 22.4 Å². The SMILES string of the molecule is Cc1ccc(N(C)Cc2c(C)nn(C)c2Cl)c(C)c1. The molecule has 0 saturated heterocycles. The molecule has 102 valence electrons. The van der Waals surface area contributed by atoms with Crippen molar-refractivity contribution in [3.05, 3.63) is 45.7 Å². The number of rotatable bonds is 3. The molecule has 0 N–H and O–H groups in total. The number of halogens is 1. The molecule has 0 aliphatic heterocycles. The monoisotopic (exact) mass is 277 g/mol. The first kappa shape index (κ1) is 13.9. The Balaban J connectivity index is 2.28. The molecule has 0 unspecified atom stereocenters. The molecule has 0 saturated carbocycles. The number of benzene rings is 1. The number of hydrogen-bond donors (Lipinski definition) is 0. The Morgan fingerprint density at radius 3 is 2.47 bits per heavy atom. The van der Waals surface area contributed by atoms with Crippen LogP contribution in [-0.4, -0.2) is 16.8 Å². The van der Waals surface area contributed by atoms with Gasteiger partial charge in [-0.05, 0) is 32.4 Å². The minimum atomic E-state index is 0.717. The average Bonchev–Trinajstić information content (AvgIpc) is 2.56. The lowest BCUT2D eigenvalue weighted by Crippen LogP contribution is -2.18. The fourth-order valence-corrected chi connectivity index (χ4v) is 2.64. The molecule has 0 fully saturated rings. The molecule has 4 heteroatoms. The van der Waals surface area contributed by atoms with Crippen molar-refractivity contribution in [2.45, 2.75) is 27.3 Å². The van der Waals surface area contributed by atoms with Crippen molar-refractivity contribution < 1.29 is 0 Å². The van der Waals surface area contributed by atoms with Gasteiger partial charge in [0.1, 0.15) is 5.15 Å². The van der Waals surface area contributed by atoms with Gasteiger partial charge in [0.25, 0.3) is 0 Å². The lowest BCUT2D eigenvalue weighted by molar-refractivity contribution is 0.757. The third-order valence-electron chi connectivity index (χ3n) is 3.43. The van der Waals surface area contributed by atoms with Crippen LogP contribution in [0.4, 0.5) is 5.69 Å². The van der Waals surface area contributed by atoms with E-state index in [1.165, 1.54) is 16.8 Å². The van der Waals surface area contributed by atoms with Crippen molar-refractivity contribution in [1.82, 2.24) is 9.78 Å². The third kappa shape index (κ3) is 2.76. The Morgan fingerprint density at radius 1 is 1.26 bits per heavy atom. The van der Waals surface area contributed by atoms with E-state index in [1.54, 1.807) is 4.68 Å². The number of hydrogen-bond acceptors (Lipinski definition) is 2. The van der Waals surface area contributed by atoms with Gasteiger partial charge < -0.3 is 4.90 Å². The molecule has 0 atom stereocenters. The second-order valence-electron chi connectivity index (χ2n) is 5.12. The van der Waals surface area contributed by atoms with Crippen molar-refractivity contribution in [1.29, 1.82) is 0 Å². The third-order valence-corrected chi connectivity index (χ3v) is 3.90. The van der Waals surface area contributed by atoms with Gasteiger partial charge in [0.2, 0.25) is 0 Å². The highest BCUT2D eigenvalue weighted by Crippen LogP contribution is 2.25. The zero-order chi connectivity index (χ0) is 14.2. The molecule has 2 aromatic rings. The second-order valence-corrected chi connectivity index (χ2v) is 5.48. The van der Waals surface area contributed by atoms with Gasteiger partial charge in [0, 0.05) is 31.9 Å². The maximum Gasteiger partial charge on any atom is 0.131 e. The Morgan fingerprint density at radius 2 is 1.95 bits per heavy atom. The highest BCUT2D eigenvalue weighted by atomic mass is 35.5. The minimum absolute atomic E-state index is 0.717. The summed E-state index contributed by atoms with van der Waals surface area (Å²) in [5, 5.41) is 5.07. The van der Waals surface area contributed by atoms with Crippen LogP contribution in [0.2, 0.25) is 5.15 Å². The normalized spacial score (nSPS) is 10.8. The summed E-state index contributed by atoms with van der Waals surface area (Å²) in [6.45, 7) is 7.01. The van der Waals surface area contributed by atoms with E-state index in [9.17, 15) is 0 Å². The summed E-state index contributed by atoms with van der Waals surface area (Å²) in [4.78, 5) is 2.21. The van der Waals surface area contributed by atoms with E-state index in [0.717, 1.165) is 17.8 Å². The van der Waals surface area contributed by atoms with Crippen molar-refractivity contribution in [2.24, 2.45) is 7.05 Å². The van der Waals surface area contributed by atoms with E-state index in [-0.39, 0.29) is 0 Å². The van der Waals surface area contributed by atoms with Crippen molar-refractivity contribution >= 4 is 17.3 Å². The Bertz CT molecular complexity index is 602. The van der Waals surface area contributed by atoms with Gasteiger partial charge >= 0.3 is 0 Å². The Kier molecular flexibility index (Phi) is 3.85. The summed E-state index contributed by atoms with van der Waals surface area (Å²) >= 11 is 6.28. The van der Waals surface area contributed by atoms with Gasteiger partial charge in [0.05, 0.1) is 5.69 Å². The van der Waals surface area contributed by atoms with E-state index in [4.69, 9.17) is 11.6 Å². The topological polar surface area (TPSA) is 21.1 Å². The van der Waals surface area contributed by atoms with Gasteiger partial charge in [-0.1, -0.05) is 29.3 Å². The van der Waals surface area contributed by atoms with Gasteiger partial charge in [0.15, 0.2) is 0 Å². The van der Waals surface area contributed by atoms with Crippen LogP contribution in [0.5, 0.6) is 0 Å². The van der Waals surface area contributed by atoms with Gasteiger partial charge in [-0.2, -0.15) is 5.10 Å². The molecule has 0 amide bonds. The predicted molar refractivity (Wildman–Crippen MR) is 81.0 cm³/mol. The smallest absolute Gasteiger partial charge is 0.131 e. The fourth-order valence-electron chi connectivity index (χ4n) is 2.41. The van der Waals surface area contributed by atoms with Crippen LogP contribution in [0, 0.1) is 20.8 Å². The quantitative estimate of drug-likeness (QED) is 0.854. The van der Waals surface area contributed by atoms with Gasteiger partial charge in [-0.3, -0.25) is 4.68 Å². The maximum absolute atomic E-state index is 6.28. The zero-order valence-corrected chi connectivity index (χ0v) is 12.9. The molecule has 1 heterocycles. The molecule has 1 aromatic carbocycles. The summed E-state index contributed by atoms with van der Waals surface area (Å²) in [6, 6.07) is 6.49. The van der Waals surface area contributed by atoms with Crippen molar-refractivity contribution in [3.63, 3.8) is 0 Å².